The zero-order valence-corrected chi connectivity index (χ0v) is 12.1. The molecule has 0 saturated carbocycles. The monoisotopic (exact) mass is 250 g/mol. The maximum absolute atomic E-state index is 5.23. The number of para-hydroxylation sites is 1. The highest BCUT2D eigenvalue weighted by Crippen LogP contribution is 2.21. The molecule has 0 radical (unpaired) electrons. The molecular formula is C15H26N2O. The van der Waals surface area contributed by atoms with Crippen molar-refractivity contribution in [3.63, 3.8) is 0 Å². The average Bonchev–Trinajstić information content (AvgIpc) is 2.39. The first-order valence-corrected chi connectivity index (χ1v) is 6.71. The van der Waals surface area contributed by atoms with Gasteiger partial charge in [0.2, 0.25) is 0 Å². The van der Waals surface area contributed by atoms with E-state index in [1.54, 1.807) is 7.11 Å². The summed E-state index contributed by atoms with van der Waals surface area (Å²) in [7, 11) is 3.88. The molecular weight excluding hydrogens is 224 g/mol. The number of benzene rings is 1. The first kappa shape index (κ1) is 15.0. The fraction of sp³-hybridized carbons (Fsp3) is 0.600. The molecule has 1 aromatic carbocycles. The van der Waals surface area contributed by atoms with E-state index >= 15 is 0 Å². The number of ether oxygens (including phenoxy) is 1. The number of nitrogens with one attached hydrogen (secondary N) is 1. The zero-order valence-electron chi connectivity index (χ0n) is 12.1. The zero-order chi connectivity index (χ0) is 13.4. The average molecular weight is 250 g/mol. The molecule has 0 aliphatic carbocycles. The van der Waals surface area contributed by atoms with Crippen molar-refractivity contribution in [2.75, 3.05) is 32.2 Å². The first-order chi connectivity index (χ1) is 8.70. The highest BCUT2D eigenvalue weighted by Gasteiger charge is 2.12. The Bertz CT molecular complexity index is 341. The lowest BCUT2D eigenvalue weighted by Gasteiger charge is -2.28. The van der Waals surface area contributed by atoms with Crippen LogP contribution < -0.4 is 10.2 Å². The van der Waals surface area contributed by atoms with Gasteiger partial charge in [0, 0.05) is 32.4 Å². The minimum atomic E-state index is 0.377. The van der Waals surface area contributed by atoms with Gasteiger partial charge in [-0.05, 0) is 31.5 Å². The highest BCUT2D eigenvalue weighted by molar-refractivity contribution is 5.53. The van der Waals surface area contributed by atoms with Crippen molar-refractivity contribution in [2.45, 2.75) is 32.9 Å². The molecule has 1 aromatic rings. The largest absolute Gasteiger partial charge is 0.383 e. The molecule has 1 atom stereocenters. The molecule has 0 fully saturated rings. The van der Waals surface area contributed by atoms with Crippen molar-refractivity contribution in [1.82, 2.24) is 5.32 Å². The van der Waals surface area contributed by atoms with Crippen LogP contribution in [0.2, 0.25) is 0 Å². The summed E-state index contributed by atoms with van der Waals surface area (Å²) in [6.07, 6.45) is 1.16. The number of hydrogen-bond donors (Lipinski definition) is 1. The van der Waals surface area contributed by atoms with Gasteiger partial charge in [-0.3, -0.25) is 0 Å². The van der Waals surface area contributed by atoms with E-state index in [1.165, 1.54) is 11.3 Å². The Morgan fingerprint density at radius 3 is 2.72 bits per heavy atom. The number of nitrogens with zero attached hydrogens (tertiary/aromatic N) is 1. The van der Waals surface area contributed by atoms with Crippen LogP contribution in [0, 0.1) is 0 Å². The van der Waals surface area contributed by atoms with E-state index < -0.39 is 0 Å². The fourth-order valence-corrected chi connectivity index (χ4v) is 1.99. The van der Waals surface area contributed by atoms with Gasteiger partial charge in [-0.1, -0.05) is 25.1 Å². The summed E-state index contributed by atoms with van der Waals surface area (Å²) >= 11 is 0. The van der Waals surface area contributed by atoms with Gasteiger partial charge in [-0.25, -0.2) is 0 Å². The van der Waals surface area contributed by atoms with E-state index in [0.717, 1.165) is 26.1 Å². The number of likely N-dealkylation sites (N-methyl/N-ethyl adjacent to an activating group) is 1. The summed E-state index contributed by atoms with van der Waals surface area (Å²) in [6.45, 7) is 7.10. The van der Waals surface area contributed by atoms with E-state index in [-0.39, 0.29) is 0 Å². The molecule has 102 valence electrons. The Hall–Kier alpha value is -1.06. The molecule has 18 heavy (non-hydrogen) atoms. The van der Waals surface area contributed by atoms with Crippen LogP contribution in [0.3, 0.4) is 0 Å². The third-order valence-corrected chi connectivity index (χ3v) is 3.18. The SMILES string of the molecule is CCCNCc1ccccc1N(C)C(C)COC. The predicted octanol–water partition coefficient (Wildman–Crippen LogP) is 2.66. The second-order valence-electron chi connectivity index (χ2n) is 4.72. The van der Waals surface area contributed by atoms with Gasteiger partial charge in [0.15, 0.2) is 0 Å². The lowest BCUT2D eigenvalue weighted by molar-refractivity contribution is 0.183. The van der Waals surface area contributed by atoms with Crippen LogP contribution in [0.5, 0.6) is 0 Å². The second kappa shape index (κ2) is 8.11. The molecule has 1 unspecified atom stereocenters. The summed E-state index contributed by atoms with van der Waals surface area (Å²) in [5.41, 5.74) is 2.63. The standard InChI is InChI=1S/C15H26N2O/c1-5-10-16-11-14-8-6-7-9-15(14)17(3)13(2)12-18-4/h6-9,13,16H,5,10-12H2,1-4H3. The van der Waals surface area contributed by atoms with E-state index in [1.807, 2.05) is 0 Å². The smallest absolute Gasteiger partial charge is 0.0663 e. The third-order valence-electron chi connectivity index (χ3n) is 3.18. The number of anilines is 1. The summed E-state index contributed by atoms with van der Waals surface area (Å²) in [5, 5.41) is 3.46. The Balaban J connectivity index is 2.73. The van der Waals surface area contributed by atoms with Crippen LogP contribution in [0.1, 0.15) is 25.8 Å². The molecule has 1 N–H and O–H groups in total. The molecule has 0 aromatic heterocycles. The van der Waals surface area contributed by atoms with Gasteiger partial charge in [0.25, 0.3) is 0 Å². The Labute approximate surface area is 111 Å². The maximum atomic E-state index is 5.23. The van der Waals surface area contributed by atoms with Crippen LogP contribution in [0.15, 0.2) is 24.3 Å². The molecule has 3 nitrogen and oxygen atoms in total. The topological polar surface area (TPSA) is 24.5 Å². The fourth-order valence-electron chi connectivity index (χ4n) is 1.99. The molecule has 0 heterocycles. The van der Waals surface area contributed by atoms with Crippen LogP contribution in [0.25, 0.3) is 0 Å². The lowest BCUT2D eigenvalue weighted by Crippen LogP contribution is -2.33. The Morgan fingerprint density at radius 1 is 1.33 bits per heavy atom. The van der Waals surface area contributed by atoms with Gasteiger partial charge >= 0.3 is 0 Å². The summed E-state index contributed by atoms with van der Waals surface area (Å²) in [5.74, 6) is 0. The first-order valence-electron chi connectivity index (χ1n) is 6.71. The third kappa shape index (κ3) is 4.31. The molecule has 0 saturated heterocycles. The van der Waals surface area contributed by atoms with E-state index in [9.17, 15) is 0 Å². The summed E-state index contributed by atoms with van der Waals surface area (Å²) in [4.78, 5) is 2.28. The quantitative estimate of drug-likeness (QED) is 0.718. The number of hydrogen-bond acceptors (Lipinski definition) is 3. The van der Waals surface area contributed by atoms with Crippen LogP contribution >= 0.6 is 0 Å². The van der Waals surface area contributed by atoms with Crippen molar-refractivity contribution in [2.24, 2.45) is 0 Å². The van der Waals surface area contributed by atoms with Crippen molar-refractivity contribution < 1.29 is 4.74 Å². The normalized spacial score (nSPS) is 12.4. The van der Waals surface area contributed by atoms with Crippen LogP contribution in [0.4, 0.5) is 5.69 Å². The maximum Gasteiger partial charge on any atom is 0.0663 e. The van der Waals surface area contributed by atoms with Crippen molar-refractivity contribution in [3.05, 3.63) is 29.8 Å². The Kier molecular flexibility index (Phi) is 6.76. The van der Waals surface area contributed by atoms with Gasteiger partial charge < -0.3 is 15.0 Å². The van der Waals surface area contributed by atoms with Crippen molar-refractivity contribution >= 4 is 5.69 Å². The number of rotatable bonds is 8. The van der Waals surface area contributed by atoms with Gasteiger partial charge in [0.05, 0.1) is 6.61 Å². The predicted molar refractivity (Wildman–Crippen MR) is 78.2 cm³/mol. The molecule has 0 spiro atoms. The molecule has 0 aliphatic heterocycles. The molecule has 0 bridgehead atoms. The van der Waals surface area contributed by atoms with Crippen LogP contribution in [-0.4, -0.2) is 33.4 Å². The van der Waals surface area contributed by atoms with Crippen molar-refractivity contribution in [3.8, 4) is 0 Å². The second-order valence-corrected chi connectivity index (χ2v) is 4.72. The van der Waals surface area contributed by atoms with E-state index in [2.05, 4.69) is 55.4 Å². The van der Waals surface area contributed by atoms with E-state index in [0.29, 0.717) is 6.04 Å². The number of methoxy groups -OCH3 is 1. The van der Waals surface area contributed by atoms with E-state index in [4.69, 9.17) is 4.74 Å². The summed E-state index contributed by atoms with van der Waals surface area (Å²) < 4.78 is 5.23. The van der Waals surface area contributed by atoms with Gasteiger partial charge in [-0.2, -0.15) is 0 Å². The lowest BCUT2D eigenvalue weighted by atomic mass is 10.1. The van der Waals surface area contributed by atoms with Gasteiger partial charge in [-0.15, -0.1) is 0 Å². The highest BCUT2D eigenvalue weighted by atomic mass is 16.5. The minimum Gasteiger partial charge on any atom is -0.383 e. The molecule has 0 aliphatic rings. The minimum absolute atomic E-state index is 0.377. The molecule has 0 amide bonds. The molecule has 1 rings (SSSR count). The Morgan fingerprint density at radius 2 is 2.06 bits per heavy atom. The molecule has 3 heteroatoms. The van der Waals surface area contributed by atoms with Gasteiger partial charge in [0.1, 0.15) is 0 Å². The van der Waals surface area contributed by atoms with Crippen molar-refractivity contribution in [1.29, 1.82) is 0 Å². The summed E-state index contributed by atoms with van der Waals surface area (Å²) in [6, 6.07) is 8.93. The van der Waals surface area contributed by atoms with Crippen LogP contribution in [-0.2, 0) is 11.3 Å².